The number of para-hydroxylation sites is 2. The van der Waals surface area contributed by atoms with Crippen LogP contribution >= 0.6 is 11.8 Å². The van der Waals surface area contributed by atoms with E-state index in [1.165, 1.54) is 12.0 Å². The summed E-state index contributed by atoms with van der Waals surface area (Å²) in [5, 5.41) is 2.46. The molecular formula is C23H24N2O5S. The van der Waals surface area contributed by atoms with Gasteiger partial charge in [0, 0.05) is 17.3 Å². The third-order valence-electron chi connectivity index (χ3n) is 4.78. The second-order valence-electron chi connectivity index (χ2n) is 6.89. The smallest absolute Gasteiger partial charge is 0.293 e. The molecule has 1 heterocycles. The highest BCUT2D eigenvalue weighted by Crippen LogP contribution is 2.38. The fourth-order valence-electron chi connectivity index (χ4n) is 3.00. The first-order chi connectivity index (χ1) is 14.9. The summed E-state index contributed by atoms with van der Waals surface area (Å²) in [6.07, 6.45) is 2.27. The molecule has 0 bridgehead atoms. The molecule has 1 atom stereocenters. The molecule has 2 aromatic carbocycles. The Balaban J connectivity index is 1.81. The molecule has 2 aromatic rings. The van der Waals surface area contributed by atoms with Crippen LogP contribution in [0.5, 0.6) is 11.5 Å². The Morgan fingerprint density at radius 1 is 1.16 bits per heavy atom. The van der Waals surface area contributed by atoms with Gasteiger partial charge in [-0.1, -0.05) is 37.3 Å². The van der Waals surface area contributed by atoms with E-state index in [1.54, 1.807) is 36.4 Å². The van der Waals surface area contributed by atoms with Crippen molar-refractivity contribution in [3.05, 3.63) is 59.0 Å². The normalized spacial score (nSPS) is 15.8. The minimum absolute atomic E-state index is 0.180. The van der Waals surface area contributed by atoms with Crippen molar-refractivity contribution < 1.29 is 23.9 Å². The Labute approximate surface area is 185 Å². The molecule has 1 aliphatic rings. The van der Waals surface area contributed by atoms with Crippen molar-refractivity contribution in [1.82, 2.24) is 4.90 Å². The van der Waals surface area contributed by atoms with E-state index in [0.717, 1.165) is 11.8 Å². The molecule has 0 spiro atoms. The van der Waals surface area contributed by atoms with Crippen molar-refractivity contribution in [1.29, 1.82) is 0 Å². The Morgan fingerprint density at radius 3 is 2.58 bits per heavy atom. The summed E-state index contributed by atoms with van der Waals surface area (Å²) in [5.74, 6) is 0.0751. The molecule has 7 nitrogen and oxygen atoms in total. The maximum atomic E-state index is 12.7. The predicted octanol–water partition coefficient (Wildman–Crippen LogP) is 4.55. The number of hydrogen-bond acceptors (Lipinski definition) is 6. The summed E-state index contributed by atoms with van der Waals surface area (Å²) in [5.41, 5.74) is 1.21. The van der Waals surface area contributed by atoms with Crippen LogP contribution in [0.4, 0.5) is 10.5 Å². The van der Waals surface area contributed by atoms with Gasteiger partial charge in [-0.2, -0.15) is 0 Å². The topological polar surface area (TPSA) is 84.9 Å². The van der Waals surface area contributed by atoms with Gasteiger partial charge in [-0.3, -0.25) is 19.3 Å². The zero-order chi connectivity index (χ0) is 22.4. The Kier molecular flexibility index (Phi) is 7.36. The highest BCUT2D eigenvalue weighted by molar-refractivity contribution is 8.18. The van der Waals surface area contributed by atoms with Crippen molar-refractivity contribution in [3.8, 4) is 11.5 Å². The summed E-state index contributed by atoms with van der Waals surface area (Å²) < 4.78 is 11.1. The van der Waals surface area contributed by atoms with Crippen molar-refractivity contribution >= 4 is 40.6 Å². The number of nitrogens with one attached hydrogen (secondary N) is 1. The number of ether oxygens (including phenoxy) is 2. The molecule has 162 valence electrons. The monoisotopic (exact) mass is 440 g/mol. The first-order valence-corrected chi connectivity index (χ1v) is 10.7. The van der Waals surface area contributed by atoms with E-state index >= 15 is 0 Å². The van der Waals surface area contributed by atoms with Gasteiger partial charge in [0.1, 0.15) is 0 Å². The summed E-state index contributed by atoms with van der Waals surface area (Å²) in [4.78, 5) is 38.9. The standard InChI is InChI=1S/C23H24N2O5S/c1-4-15(2)25-22(27)19(31-23(25)28)13-16-9-8-12-18(29-3)21(16)30-14-20(26)24-17-10-6-5-7-11-17/h5-13,15H,4,14H2,1-3H3,(H,24,26)/b19-13+. The van der Waals surface area contributed by atoms with Crippen LogP contribution in [-0.2, 0) is 9.59 Å². The molecule has 1 unspecified atom stereocenters. The van der Waals surface area contributed by atoms with Gasteiger partial charge < -0.3 is 14.8 Å². The second kappa shape index (κ2) is 10.2. The van der Waals surface area contributed by atoms with E-state index in [2.05, 4.69) is 5.32 Å². The van der Waals surface area contributed by atoms with Gasteiger partial charge in [0.15, 0.2) is 18.1 Å². The van der Waals surface area contributed by atoms with Gasteiger partial charge >= 0.3 is 0 Å². The fourth-order valence-corrected chi connectivity index (χ4v) is 3.92. The van der Waals surface area contributed by atoms with Crippen LogP contribution in [0.1, 0.15) is 25.8 Å². The van der Waals surface area contributed by atoms with Crippen LogP contribution in [-0.4, -0.2) is 41.7 Å². The molecule has 3 amide bonds. The van der Waals surface area contributed by atoms with Crippen LogP contribution in [0, 0.1) is 0 Å². The molecular weight excluding hydrogens is 416 g/mol. The number of methoxy groups -OCH3 is 1. The molecule has 31 heavy (non-hydrogen) atoms. The lowest BCUT2D eigenvalue weighted by atomic mass is 10.1. The summed E-state index contributed by atoms with van der Waals surface area (Å²) in [6, 6.07) is 14.1. The highest BCUT2D eigenvalue weighted by Gasteiger charge is 2.37. The third-order valence-corrected chi connectivity index (χ3v) is 5.66. The van der Waals surface area contributed by atoms with Crippen molar-refractivity contribution in [3.63, 3.8) is 0 Å². The SMILES string of the molecule is CCC(C)N1C(=O)S/C(=C/c2cccc(OC)c2OCC(=O)Nc2ccccc2)C1=O. The molecule has 1 N–H and O–H groups in total. The number of thioether (sulfide) groups is 1. The molecule has 8 heteroatoms. The second-order valence-corrected chi connectivity index (χ2v) is 7.88. The highest BCUT2D eigenvalue weighted by atomic mass is 32.2. The van der Waals surface area contributed by atoms with Crippen LogP contribution < -0.4 is 14.8 Å². The number of rotatable bonds is 8. The minimum Gasteiger partial charge on any atom is -0.493 e. The molecule has 0 aromatic heterocycles. The van der Waals surface area contributed by atoms with Crippen molar-refractivity contribution in [2.45, 2.75) is 26.3 Å². The van der Waals surface area contributed by atoms with Gasteiger partial charge in [-0.05, 0) is 49.4 Å². The Hall–Kier alpha value is -3.26. The van der Waals surface area contributed by atoms with Crippen LogP contribution in [0.15, 0.2) is 53.4 Å². The predicted molar refractivity (Wildman–Crippen MR) is 121 cm³/mol. The van der Waals surface area contributed by atoms with Crippen molar-refractivity contribution in [2.75, 3.05) is 19.0 Å². The molecule has 1 aliphatic heterocycles. The van der Waals surface area contributed by atoms with Crippen LogP contribution in [0.25, 0.3) is 6.08 Å². The lowest BCUT2D eigenvalue weighted by molar-refractivity contribution is -0.124. The zero-order valence-corrected chi connectivity index (χ0v) is 18.4. The van der Waals surface area contributed by atoms with E-state index in [1.807, 2.05) is 32.0 Å². The van der Waals surface area contributed by atoms with Crippen LogP contribution in [0.3, 0.4) is 0 Å². The van der Waals surface area contributed by atoms with Crippen molar-refractivity contribution in [2.24, 2.45) is 0 Å². The fraction of sp³-hybridized carbons (Fsp3) is 0.261. The van der Waals surface area contributed by atoms with E-state index < -0.39 is 0 Å². The van der Waals surface area contributed by atoms with E-state index in [4.69, 9.17) is 9.47 Å². The van der Waals surface area contributed by atoms with Gasteiger partial charge in [-0.15, -0.1) is 0 Å². The van der Waals surface area contributed by atoms with Gasteiger partial charge in [0.2, 0.25) is 0 Å². The molecule has 0 aliphatic carbocycles. The number of nitrogens with zero attached hydrogens (tertiary/aromatic N) is 1. The molecule has 1 saturated heterocycles. The number of carbonyl (C=O) groups excluding carboxylic acids is 3. The van der Waals surface area contributed by atoms with E-state index in [0.29, 0.717) is 34.1 Å². The summed E-state index contributed by atoms with van der Waals surface area (Å²) in [6.45, 7) is 3.52. The quantitative estimate of drug-likeness (QED) is 0.607. The maximum Gasteiger partial charge on any atom is 0.293 e. The Bertz CT molecular complexity index is 1010. The maximum absolute atomic E-state index is 12.7. The lowest BCUT2D eigenvalue weighted by Crippen LogP contribution is -2.36. The molecule has 3 rings (SSSR count). The van der Waals surface area contributed by atoms with E-state index in [9.17, 15) is 14.4 Å². The number of benzene rings is 2. The average molecular weight is 441 g/mol. The zero-order valence-electron chi connectivity index (χ0n) is 17.6. The first kappa shape index (κ1) is 22.4. The summed E-state index contributed by atoms with van der Waals surface area (Å²) >= 11 is 0.892. The Morgan fingerprint density at radius 2 is 1.90 bits per heavy atom. The molecule has 1 fully saturated rings. The van der Waals surface area contributed by atoms with Gasteiger partial charge in [0.25, 0.3) is 17.1 Å². The lowest BCUT2D eigenvalue weighted by Gasteiger charge is -2.19. The number of carbonyl (C=O) groups is 3. The van der Waals surface area contributed by atoms with Gasteiger partial charge in [-0.25, -0.2) is 0 Å². The number of hydrogen-bond donors (Lipinski definition) is 1. The first-order valence-electron chi connectivity index (χ1n) is 9.86. The number of amides is 3. The molecule has 0 radical (unpaired) electrons. The summed E-state index contributed by atoms with van der Waals surface area (Å²) in [7, 11) is 1.49. The largest absolute Gasteiger partial charge is 0.493 e. The molecule has 0 saturated carbocycles. The van der Waals surface area contributed by atoms with Crippen LogP contribution in [0.2, 0.25) is 0 Å². The van der Waals surface area contributed by atoms with E-state index in [-0.39, 0.29) is 29.7 Å². The third kappa shape index (κ3) is 5.27. The average Bonchev–Trinajstić information content (AvgIpc) is 3.05. The minimum atomic E-state index is -0.333. The number of imide groups is 1. The number of anilines is 1. The van der Waals surface area contributed by atoms with Gasteiger partial charge in [0.05, 0.1) is 12.0 Å².